The lowest BCUT2D eigenvalue weighted by Crippen LogP contribution is -2.30. The van der Waals surface area contributed by atoms with Crippen LogP contribution >= 0.6 is 0 Å². The van der Waals surface area contributed by atoms with Gasteiger partial charge in [-0.05, 0) is 30.2 Å². The van der Waals surface area contributed by atoms with Crippen LogP contribution in [0.4, 0.5) is 26.3 Å². The number of rotatable bonds is 7. The molecular formula is C19H18F6N2O2. The fraction of sp³-hybridized carbons (Fsp3) is 0.368. The average molecular weight is 420 g/mol. The SMILES string of the molecule is C[C@@H](c1ccc(OCC(F)(F)F)cn1)C(Cc1ccccc1C(F)(F)F)C(N)=O. The molecular weight excluding hydrogens is 402 g/mol. The Bertz CT molecular complexity index is 834. The van der Waals surface area contributed by atoms with Gasteiger partial charge in [-0.15, -0.1) is 0 Å². The molecule has 0 fully saturated rings. The first kappa shape index (κ1) is 22.5. The molecule has 1 unspecified atom stereocenters. The number of ether oxygens (including phenoxy) is 1. The Morgan fingerprint density at radius 1 is 1.10 bits per heavy atom. The standard InChI is InChI=1S/C19H18F6N2O2/c1-11(16-7-6-13(9-27-16)29-10-18(20,21)22)14(17(26)28)8-12-4-2-3-5-15(12)19(23,24)25/h2-7,9,11,14H,8,10H2,1H3,(H2,26,28)/t11-,14?/m1/s1. The fourth-order valence-electron chi connectivity index (χ4n) is 2.85. The number of aromatic nitrogens is 1. The van der Waals surface area contributed by atoms with E-state index >= 15 is 0 Å². The molecule has 0 aliphatic carbocycles. The zero-order valence-electron chi connectivity index (χ0n) is 15.2. The minimum absolute atomic E-state index is 0.0826. The van der Waals surface area contributed by atoms with Crippen LogP contribution < -0.4 is 10.5 Å². The minimum Gasteiger partial charge on any atom is -0.483 e. The molecule has 1 aromatic carbocycles. The molecule has 1 heterocycles. The number of amides is 1. The Morgan fingerprint density at radius 2 is 1.76 bits per heavy atom. The van der Waals surface area contributed by atoms with E-state index in [1.165, 1.54) is 30.3 Å². The number of carbonyl (C=O) groups is 1. The summed E-state index contributed by atoms with van der Waals surface area (Å²) < 4.78 is 80.7. The first-order valence-corrected chi connectivity index (χ1v) is 8.48. The Balaban J connectivity index is 2.21. The summed E-state index contributed by atoms with van der Waals surface area (Å²) in [6.07, 6.45) is -8.30. The topological polar surface area (TPSA) is 65.2 Å². The molecule has 158 valence electrons. The van der Waals surface area contributed by atoms with Gasteiger partial charge in [-0.25, -0.2) is 0 Å². The summed E-state index contributed by atoms with van der Waals surface area (Å²) in [5.41, 5.74) is 4.76. The quantitative estimate of drug-likeness (QED) is 0.672. The van der Waals surface area contributed by atoms with Gasteiger partial charge in [0.05, 0.1) is 11.8 Å². The Hall–Kier alpha value is -2.78. The molecule has 0 aliphatic rings. The third kappa shape index (κ3) is 6.37. The van der Waals surface area contributed by atoms with Gasteiger partial charge >= 0.3 is 12.4 Å². The Morgan fingerprint density at radius 3 is 2.28 bits per heavy atom. The lowest BCUT2D eigenvalue weighted by molar-refractivity contribution is -0.153. The second-order valence-electron chi connectivity index (χ2n) is 6.48. The first-order chi connectivity index (χ1) is 13.4. The molecule has 0 aliphatic heterocycles. The van der Waals surface area contributed by atoms with E-state index in [1.807, 2.05) is 0 Å². The third-order valence-corrected chi connectivity index (χ3v) is 4.36. The highest BCUT2D eigenvalue weighted by Crippen LogP contribution is 2.35. The molecule has 2 N–H and O–H groups in total. The molecule has 4 nitrogen and oxygen atoms in total. The molecule has 0 saturated carbocycles. The van der Waals surface area contributed by atoms with Crippen LogP contribution in [-0.2, 0) is 17.4 Å². The molecule has 2 atom stereocenters. The number of benzene rings is 1. The molecule has 1 amide bonds. The van der Waals surface area contributed by atoms with Gasteiger partial charge in [0.15, 0.2) is 6.61 Å². The number of nitrogens with zero attached hydrogens (tertiary/aromatic N) is 1. The molecule has 2 aromatic rings. The van der Waals surface area contributed by atoms with E-state index in [0.717, 1.165) is 12.3 Å². The summed E-state index contributed by atoms with van der Waals surface area (Å²) in [5.74, 6) is -2.62. The normalized spacial score (nSPS) is 14.3. The molecule has 29 heavy (non-hydrogen) atoms. The number of pyridine rings is 1. The predicted octanol–water partition coefficient (Wildman–Crippen LogP) is 4.49. The van der Waals surface area contributed by atoms with Crippen molar-refractivity contribution >= 4 is 5.91 Å². The van der Waals surface area contributed by atoms with Gasteiger partial charge in [0, 0.05) is 17.5 Å². The maximum absolute atomic E-state index is 13.2. The highest BCUT2D eigenvalue weighted by molar-refractivity contribution is 5.78. The second kappa shape index (κ2) is 8.71. The van der Waals surface area contributed by atoms with Crippen LogP contribution in [0.3, 0.4) is 0 Å². The molecule has 10 heteroatoms. The van der Waals surface area contributed by atoms with Crippen LogP contribution in [-0.4, -0.2) is 23.7 Å². The van der Waals surface area contributed by atoms with Crippen molar-refractivity contribution in [1.29, 1.82) is 0 Å². The van der Waals surface area contributed by atoms with E-state index in [1.54, 1.807) is 6.92 Å². The van der Waals surface area contributed by atoms with Crippen LogP contribution in [0.15, 0.2) is 42.6 Å². The third-order valence-electron chi connectivity index (χ3n) is 4.36. The van der Waals surface area contributed by atoms with Crippen LogP contribution in [0.1, 0.15) is 29.7 Å². The van der Waals surface area contributed by atoms with Crippen LogP contribution in [0.2, 0.25) is 0 Å². The number of nitrogens with two attached hydrogens (primary N) is 1. The van der Waals surface area contributed by atoms with Crippen LogP contribution in [0.5, 0.6) is 5.75 Å². The predicted molar refractivity (Wildman–Crippen MR) is 92.0 cm³/mol. The molecule has 0 saturated heterocycles. The zero-order valence-corrected chi connectivity index (χ0v) is 15.2. The van der Waals surface area contributed by atoms with Gasteiger partial charge in [-0.2, -0.15) is 26.3 Å². The fourth-order valence-corrected chi connectivity index (χ4v) is 2.85. The van der Waals surface area contributed by atoms with Crippen molar-refractivity contribution in [1.82, 2.24) is 4.98 Å². The number of alkyl halides is 6. The van der Waals surface area contributed by atoms with Crippen LogP contribution in [0.25, 0.3) is 0 Å². The molecule has 1 aromatic heterocycles. The molecule has 0 spiro atoms. The van der Waals surface area contributed by atoms with E-state index in [4.69, 9.17) is 5.73 Å². The van der Waals surface area contributed by atoms with Gasteiger partial charge < -0.3 is 10.5 Å². The van der Waals surface area contributed by atoms with Gasteiger partial charge in [0.25, 0.3) is 0 Å². The van der Waals surface area contributed by atoms with Crippen molar-refractivity contribution < 1.29 is 35.9 Å². The first-order valence-electron chi connectivity index (χ1n) is 8.48. The Labute approximate surface area is 162 Å². The smallest absolute Gasteiger partial charge is 0.422 e. The van der Waals surface area contributed by atoms with Gasteiger partial charge in [-0.1, -0.05) is 25.1 Å². The van der Waals surface area contributed by atoms with E-state index in [9.17, 15) is 31.1 Å². The lowest BCUT2D eigenvalue weighted by atomic mass is 9.84. The minimum atomic E-state index is -4.59. The van der Waals surface area contributed by atoms with E-state index in [-0.39, 0.29) is 23.4 Å². The number of carbonyl (C=O) groups excluding carboxylic acids is 1. The van der Waals surface area contributed by atoms with Crippen molar-refractivity contribution in [3.63, 3.8) is 0 Å². The number of halogens is 6. The highest BCUT2D eigenvalue weighted by atomic mass is 19.4. The van der Waals surface area contributed by atoms with Crippen molar-refractivity contribution in [2.45, 2.75) is 31.6 Å². The second-order valence-corrected chi connectivity index (χ2v) is 6.48. The number of hydrogen-bond acceptors (Lipinski definition) is 3. The summed E-state index contributed by atoms with van der Waals surface area (Å²) in [6, 6.07) is 7.46. The number of hydrogen-bond donors (Lipinski definition) is 1. The maximum atomic E-state index is 13.2. The van der Waals surface area contributed by atoms with Crippen molar-refractivity contribution in [3.05, 3.63) is 59.4 Å². The lowest BCUT2D eigenvalue weighted by Gasteiger charge is -2.23. The highest BCUT2D eigenvalue weighted by Gasteiger charge is 2.35. The largest absolute Gasteiger partial charge is 0.483 e. The number of primary amides is 1. The Kier molecular flexibility index (Phi) is 6.76. The summed E-state index contributed by atoms with van der Waals surface area (Å²) >= 11 is 0. The van der Waals surface area contributed by atoms with Crippen molar-refractivity contribution in [3.8, 4) is 5.75 Å². The summed E-state index contributed by atoms with van der Waals surface area (Å²) in [5, 5.41) is 0. The summed E-state index contributed by atoms with van der Waals surface area (Å²) in [4.78, 5) is 15.9. The monoisotopic (exact) mass is 420 g/mol. The molecule has 0 bridgehead atoms. The zero-order chi connectivity index (χ0) is 21.8. The van der Waals surface area contributed by atoms with Gasteiger partial charge in [0.2, 0.25) is 5.91 Å². The van der Waals surface area contributed by atoms with Crippen molar-refractivity contribution in [2.75, 3.05) is 6.61 Å². The van der Waals surface area contributed by atoms with Gasteiger partial charge in [0.1, 0.15) is 5.75 Å². The van der Waals surface area contributed by atoms with E-state index in [2.05, 4.69) is 9.72 Å². The van der Waals surface area contributed by atoms with Crippen LogP contribution in [0, 0.1) is 5.92 Å². The maximum Gasteiger partial charge on any atom is 0.422 e. The van der Waals surface area contributed by atoms with E-state index < -0.39 is 42.3 Å². The van der Waals surface area contributed by atoms with Gasteiger partial charge in [-0.3, -0.25) is 9.78 Å². The van der Waals surface area contributed by atoms with E-state index in [0.29, 0.717) is 0 Å². The summed E-state index contributed by atoms with van der Waals surface area (Å²) in [6.45, 7) is 0.0753. The van der Waals surface area contributed by atoms with Crippen molar-refractivity contribution in [2.24, 2.45) is 11.7 Å². The average Bonchev–Trinajstić information content (AvgIpc) is 2.63. The molecule has 2 rings (SSSR count). The molecule has 0 radical (unpaired) electrons. The summed E-state index contributed by atoms with van der Waals surface area (Å²) in [7, 11) is 0.